The molecule has 1 aromatic rings. The molecule has 2 aliphatic heterocycles. The van der Waals surface area contributed by atoms with Gasteiger partial charge >= 0.3 is 5.97 Å². The first-order valence-corrected chi connectivity index (χ1v) is 11.7. The Morgan fingerprint density at radius 2 is 1.91 bits per heavy atom. The standard InChI is InChI=1S/C23H32N2O6S/c1-7-12-23(13(2)3,31-15-11-9-8-10-14(15)30-6)21(29)24-16-18(26)25-17(20(27)28)22(4,5)32-19(16)25/h8-11,13,16-17,19H,7,12H2,1-6H3,(H,24,29)(H,27,28)/t16-,17+,19-,23?/m1/s1. The molecule has 2 saturated heterocycles. The Morgan fingerprint density at radius 1 is 1.28 bits per heavy atom. The lowest BCUT2D eigenvalue weighted by atomic mass is 9.84. The molecule has 2 heterocycles. The van der Waals surface area contributed by atoms with Crippen molar-refractivity contribution in [1.29, 1.82) is 0 Å². The van der Waals surface area contributed by atoms with Crippen LogP contribution < -0.4 is 14.8 Å². The normalized spacial score (nSPS) is 25.5. The van der Waals surface area contributed by atoms with Crippen molar-refractivity contribution in [2.75, 3.05) is 7.11 Å². The molecular formula is C23H32N2O6S. The van der Waals surface area contributed by atoms with Crippen LogP contribution in [0.15, 0.2) is 24.3 Å². The van der Waals surface area contributed by atoms with E-state index >= 15 is 0 Å². The van der Waals surface area contributed by atoms with Gasteiger partial charge in [-0.25, -0.2) is 4.79 Å². The number of nitrogens with one attached hydrogen (secondary N) is 1. The highest BCUT2D eigenvalue weighted by molar-refractivity contribution is 8.01. The highest BCUT2D eigenvalue weighted by Gasteiger charge is 2.64. The molecule has 1 aromatic carbocycles. The first-order chi connectivity index (χ1) is 15.0. The fourth-order valence-electron chi connectivity index (χ4n) is 4.56. The smallest absolute Gasteiger partial charge is 0.327 e. The third-order valence-corrected chi connectivity index (χ3v) is 7.83. The molecule has 9 heteroatoms. The summed E-state index contributed by atoms with van der Waals surface area (Å²) in [5.41, 5.74) is -1.21. The van der Waals surface area contributed by atoms with Crippen molar-refractivity contribution < 1.29 is 29.0 Å². The van der Waals surface area contributed by atoms with E-state index < -0.39 is 33.8 Å². The fourth-order valence-corrected chi connectivity index (χ4v) is 6.18. The largest absolute Gasteiger partial charge is 0.493 e. The number of thioether (sulfide) groups is 1. The van der Waals surface area contributed by atoms with Crippen molar-refractivity contribution in [2.45, 2.75) is 75.3 Å². The van der Waals surface area contributed by atoms with Gasteiger partial charge in [-0.3, -0.25) is 9.59 Å². The summed E-state index contributed by atoms with van der Waals surface area (Å²) in [4.78, 5) is 39.6. The minimum atomic E-state index is -1.21. The van der Waals surface area contributed by atoms with Gasteiger partial charge in [-0.05, 0) is 32.4 Å². The molecule has 2 aliphatic rings. The fraction of sp³-hybridized carbons (Fsp3) is 0.609. The number of hydrogen-bond acceptors (Lipinski definition) is 6. The molecule has 32 heavy (non-hydrogen) atoms. The van der Waals surface area contributed by atoms with E-state index in [1.54, 1.807) is 33.1 Å². The number of methoxy groups -OCH3 is 1. The number of para-hydroxylation sites is 2. The number of nitrogens with zero attached hydrogens (tertiary/aromatic N) is 1. The molecule has 4 atom stereocenters. The SMILES string of the molecule is CCCC(Oc1ccccc1OC)(C(=O)N[C@@H]1C(=O)N2[C@@H]1SC(C)(C)[C@@H]2C(=O)O)C(C)C. The number of fused-ring (bicyclic) bond motifs is 1. The minimum absolute atomic E-state index is 0.196. The molecule has 0 saturated carbocycles. The van der Waals surface area contributed by atoms with Crippen molar-refractivity contribution in [3.05, 3.63) is 24.3 Å². The Balaban J connectivity index is 1.87. The quantitative estimate of drug-likeness (QED) is 0.542. The van der Waals surface area contributed by atoms with Crippen molar-refractivity contribution in [1.82, 2.24) is 10.2 Å². The van der Waals surface area contributed by atoms with Gasteiger partial charge in [0.25, 0.3) is 5.91 Å². The Morgan fingerprint density at radius 3 is 2.44 bits per heavy atom. The Kier molecular flexibility index (Phi) is 6.70. The third kappa shape index (κ3) is 3.91. The van der Waals surface area contributed by atoms with Gasteiger partial charge in [0.15, 0.2) is 17.1 Å². The summed E-state index contributed by atoms with van der Waals surface area (Å²) >= 11 is 1.40. The number of amides is 2. The minimum Gasteiger partial charge on any atom is -0.493 e. The van der Waals surface area contributed by atoms with Crippen LogP contribution in [0.25, 0.3) is 0 Å². The number of ether oxygens (including phenoxy) is 2. The van der Waals surface area contributed by atoms with Crippen LogP contribution >= 0.6 is 11.8 Å². The van der Waals surface area contributed by atoms with Gasteiger partial charge in [0.2, 0.25) is 5.91 Å². The number of benzene rings is 1. The highest BCUT2D eigenvalue weighted by Crippen LogP contribution is 2.51. The van der Waals surface area contributed by atoms with Crippen molar-refractivity contribution >= 4 is 29.5 Å². The van der Waals surface area contributed by atoms with Crippen LogP contribution in [0.4, 0.5) is 0 Å². The van der Waals surface area contributed by atoms with Crippen LogP contribution in [0.1, 0.15) is 47.5 Å². The van der Waals surface area contributed by atoms with E-state index in [4.69, 9.17) is 9.47 Å². The molecule has 1 unspecified atom stereocenters. The average Bonchev–Trinajstić information content (AvgIpc) is 2.99. The number of carbonyl (C=O) groups is 3. The maximum absolute atomic E-state index is 13.6. The van der Waals surface area contributed by atoms with Gasteiger partial charge < -0.3 is 24.8 Å². The molecule has 2 N–H and O–H groups in total. The van der Waals surface area contributed by atoms with Crippen LogP contribution in [-0.4, -0.2) is 62.7 Å². The zero-order valence-corrected chi connectivity index (χ0v) is 20.2. The molecule has 2 amide bonds. The monoisotopic (exact) mass is 464 g/mol. The third-order valence-electron chi connectivity index (χ3n) is 6.26. The second kappa shape index (κ2) is 8.84. The Bertz CT molecular complexity index is 904. The zero-order chi connectivity index (χ0) is 23.8. The lowest BCUT2D eigenvalue weighted by Crippen LogP contribution is -2.72. The molecular weight excluding hydrogens is 432 g/mol. The maximum Gasteiger partial charge on any atom is 0.327 e. The van der Waals surface area contributed by atoms with E-state index in [2.05, 4.69) is 5.32 Å². The number of β-lactam (4-membered cyclic amide) rings is 1. The number of carboxylic acid groups (broad SMARTS) is 1. The molecule has 2 fully saturated rings. The van der Waals surface area contributed by atoms with Crippen LogP contribution in [0.2, 0.25) is 0 Å². The summed E-state index contributed by atoms with van der Waals surface area (Å²) < 4.78 is 11.1. The van der Waals surface area contributed by atoms with Gasteiger partial charge in [0.1, 0.15) is 17.5 Å². The summed E-state index contributed by atoms with van der Waals surface area (Å²) in [5.74, 6) is -1.01. The second-order valence-corrected chi connectivity index (χ2v) is 10.9. The van der Waals surface area contributed by atoms with E-state index in [9.17, 15) is 19.5 Å². The highest BCUT2D eigenvalue weighted by atomic mass is 32.2. The summed E-state index contributed by atoms with van der Waals surface area (Å²) in [6.07, 6.45) is 1.14. The first-order valence-electron chi connectivity index (χ1n) is 10.9. The topological polar surface area (TPSA) is 105 Å². The van der Waals surface area contributed by atoms with E-state index in [0.717, 1.165) is 0 Å². The number of rotatable bonds is 9. The summed E-state index contributed by atoms with van der Waals surface area (Å²) in [5, 5.41) is 12.1. The Labute approximate surface area is 193 Å². The lowest BCUT2D eigenvalue weighted by Gasteiger charge is -2.45. The summed E-state index contributed by atoms with van der Waals surface area (Å²) in [6, 6.07) is 5.44. The van der Waals surface area contributed by atoms with E-state index in [1.807, 2.05) is 32.9 Å². The number of carbonyl (C=O) groups excluding carboxylic acids is 2. The van der Waals surface area contributed by atoms with Crippen LogP contribution in [0.3, 0.4) is 0 Å². The number of aliphatic carboxylic acids is 1. The van der Waals surface area contributed by atoms with Crippen LogP contribution in [-0.2, 0) is 14.4 Å². The lowest BCUT2D eigenvalue weighted by molar-refractivity contribution is -0.163. The van der Waals surface area contributed by atoms with E-state index in [1.165, 1.54) is 16.7 Å². The zero-order valence-electron chi connectivity index (χ0n) is 19.4. The van der Waals surface area contributed by atoms with Gasteiger partial charge in [-0.2, -0.15) is 0 Å². The molecule has 0 radical (unpaired) electrons. The molecule has 0 bridgehead atoms. The first kappa shape index (κ1) is 24.2. The van der Waals surface area contributed by atoms with Gasteiger partial charge in [-0.15, -0.1) is 11.8 Å². The summed E-state index contributed by atoms with van der Waals surface area (Å²) in [6.45, 7) is 9.41. The van der Waals surface area contributed by atoms with Crippen LogP contribution in [0, 0.1) is 5.92 Å². The molecule has 176 valence electrons. The van der Waals surface area contributed by atoms with Gasteiger partial charge in [-0.1, -0.05) is 39.3 Å². The number of hydrogen-bond donors (Lipinski definition) is 2. The Hall–Kier alpha value is -2.42. The van der Waals surface area contributed by atoms with E-state index in [-0.39, 0.29) is 17.7 Å². The molecule has 3 rings (SSSR count). The predicted octanol–water partition coefficient (Wildman–Crippen LogP) is 2.90. The average molecular weight is 465 g/mol. The van der Waals surface area contributed by atoms with Gasteiger partial charge in [0, 0.05) is 10.7 Å². The molecule has 0 spiro atoms. The molecule has 0 aliphatic carbocycles. The van der Waals surface area contributed by atoms with Crippen molar-refractivity contribution in [3.8, 4) is 11.5 Å². The van der Waals surface area contributed by atoms with Crippen molar-refractivity contribution in [3.63, 3.8) is 0 Å². The number of carboxylic acids is 1. The second-order valence-electron chi connectivity index (χ2n) is 9.10. The van der Waals surface area contributed by atoms with Crippen molar-refractivity contribution in [2.24, 2.45) is 5.92 Å². The van der Waals surface area contributed by atoms with Crippen LogP contribution in [0.5, 0.6) is 11.5 Å². The molecule has 8 nitrogen and oxygen atoms in total. The summed E-state index contributed by atoms with van der Waals surface area (Å²) in [7, 11) is 1.54. The predicted molar refractivity (Wildman–Crippen MR) is 122 cm³/mol. The van der Waals surface area contributed by atoms with E-state index in [0.29, 0.717) is 24.3 Å². The van der Waals surface area contributed by atoms with Gasteiger partial charge in [0.05, 0.1) is 7.11 Å². The molecule has 0 aromatic heterocycles. The maximum atomic E-state index is 13.6.